The molecule has 0 heterocycles. The Kier molecular flexibility index (Phi) is 7.96. The number of terminal acetylenes is 1. The van der Waals surface area contributed by atoms with Crippen LogP contribution in [0.15, 0.2) is 72.8 Å². The number of amides is 1. The molecular formula is C26H25NO4. The van der Waals surface area contributed by atoms with Gasteiger partial charge in [-0.1, -0.05) is 42.3 Å². The van der Waals surface area contributed by atoms with Gasteiger partial charge in [-0.05, 0) is 53.9 Å². The van der Waals surface area contributed by atoms with Crippen LogP contribution in [0.5, 0.6) is 23.0 Å². The molecule has 0 saturated carbocycles. The molecule has 1 amide bonds. The molecule has 0 spiro atoms. The summed E-state index contributed by atoms with van der Waals surface area (Å²) in [7, 11) is 1.57. The lowest BCUT2D eigenvalue weighted by molar-refractivity contribution is -0.121. The average molecular weight is 415 g/mol. The lowest BCUT2D eigenvalue weighted by atomic mass is 10.1. The Morgan fingerprint density at radius 2 is 1.65 bits per heavy atom. The van der Waals surface area contributed by atoms with Crippen molar-refractivity contribution >= 4 is 5.91 Å². The number of ether oxygens (including phenoxy) is 3. The number of para-hydroxylation sites is 1. The highest BCUT2D eigenvalue weighted by Gasteiger charge is 2.08. The summed E-state index contributed by atoms with van der Waals surface area (Å²) < 4.78 is 16.6. The van der Waals surface area contributed by atoms with Crippen molar-refractivity contribution in [1.29, 1.82) is 0 Å². The second-order valence-corrected chi connectivity index (χ2v) is 6.81. The SMILES string of the molecule is C#CCOc1ccc(CCC(=O)NCc2ccc(Oc3ccccc3)cc2)cc1OC. The van der Waals surface area contributed by atoms with Crippen LogP contribution in [-0.4, -0.2) is 19.6 Å². The monoisotopic (exact) mass is 415 g/mol. The maximum atomic E-state index is 12.2. The van der Waals surface area contributed by atoms with Gasteiger partial charge in [0.15, 0.2) is 11.5 Å². The predicted octanol–water partition coefficient (Wildman–Crippen LogP) is 4.75. The molecule has 3 aromatic carbocycles. The molecule has 3 rings (SSSR count). The number of rotatable bonds is 10. The number of carbonyl (C=O) groups excluding carboxylic acids is 1. The normalized spacial score (nSPS) is 10.1. The standard InChI is InChI=1S/C26H25NO4/c1-3-17-30-24-15-11-20(18-25(24)29-2)12-16-26(28)27-19-21-9-13-23(14-10-21)31-22-7-5-4-6-8-22/h1,4-11,13-15,18H,12,16-17,19H2,2H3,(H,27,28). The Morgan fingerprint density at radius 3 is 2.35 bits per heavy atom. The molecule has 0 aliphatic rings. The topological polar surface area (TPSA) is 56.8 Å². The number of nitrogens with one attached hydrogen (secondary N) is 1. The molecule has 0 aromatic heterocycles. The predicted molar refractivity (Wildman–Crippen MR) is 120 cm³/mol. The highest BCUT2D eigenvalue weighted by atomic mass is 16.5. The van der Waals surface area contributed by atoms with Crippen LogP contribution in [0.4, 0.5) is 0 Å². The van der Waals surface area contributed by atoms with Gasteiger partial charge in [-0.2, -0.15) is 0 Å². The zero-order valence-electron chi connectivity index (χ0n) is 17.5. The molecule has 158 valence electrons. The van der Waals surface area contributed by atoms with Gasteiger partial charge in [0.05, 0.1) is 7.11 Å². The minimum atomic E-state index is -0.0174. The van der Waals surface area contributed by atoms with Crippen LogP contribution in [0.3, 0.4) is 0 Å². The molecule has 5 nitrogen and oxygen atoms in total. The van der Waals surface area contributed by atoms with Gasteiger partial charge in [-0.25, -0.2) is 0 Å². The molecule has 5 heteroatoms. The number of methoxy groups -OCH3 is 1. The average Bonchev–Trinajstić information content (AvgIpc) is 2.81. The van der Waals surface area contributed by atoms with Gasteiger partial charge < -0.3 is 19.5 Å². The molecule has 0 aliphatic carbocycles. The van der Waals surface area contributed by atoms with Gasteiger partial charge in [-0.3, -0.25) is 4.79 Å². The van der Waals surface area contributed by atoms with Crippen molar-refractivity contribution in [1.82, 2.24) is 5.32 Å². The van der Waals surface area contributed by atoms with E-state index in [0.717, 1.165) is 22.6 Å². The van der Waals surface area contributed by atoms with Crippen LogP contribution in [0.1, 0.15) is 17.5 Å². The van der Waals surface area contributed by atoms with Crippen molar-refractivity contribution in [2.45, 2.75) is 19.4 Å². The molecule has 0 atom stereocenters. The second kappa shape index (κ2) is 11.3. The molecule has 0 fully saturated rings. The van der Waals surface area contributed by atoms with E-state index in [0.29, 0.717) is 30.9 Å². The van der Waals surface area contributed by atoms with Crippen molar-refractivity contribution in [2.75, 3.05) is 13.7 Å². The van der Waals surface area contributed by atoms with E-state index >= 15 is 0 Å². The van der Waals surface area contributed by atoms with Crippen molar-refractivity contribution in [3.05, 3.63) is 83.9 Å². The van der Waals surface area contributed by atoms with E-state index in [-0.39, 0.29) is 12.5 Å². The Hall–Kier alpha value is -3.91. The van der Waals surface area contributed by atoms with Crippen molar-refractivity contribution in [3.8, 4) is 35.3 Å². The Labute approximate surface area is 183 Å². The third kappa shape index (κ3) is 6.83. The largest absolute Gasteiger partial charge is 0.493 e. The smallest absolute Gasteiger partial charge is 0.220 e. The minimum absolute atomic E-state index is 0.0174. The second-order valence-electron chi connectivity index (χ2n) is 6.81. The van der Waals surface area contributed by atoms with E-state index in [1.165, 1.54) is 0 Å². The number of hydrogen-bond acceptors (Lipinski definition) is 4. The summed E-state index contributed by atoms with van der Waals surface area (Å²) in [5, 5.41) is 2.95. The molecule has 0 saturated heterocycles. The van der Waals surface area contributed by atoms with Crippen LogP contribution in [0.25, 0.3) is 0 Å². The first kappa shape index (κ1) is 21.8. The van der Waals surface area contributed by atoms with Crippen molar-refractivity contribution in [2.24, 2.45) is 0 Å². The van der Waals surface area contributed by atoms with E-state index in [4.69, 9.17) is 20.6 Å². The van der Waals surface area contributed by atoms with Crippen LogP contribution in [0, 0.1) is 12.3 Å². The fourth-order valence-corrected chi connectivity index (χ4v) is 2.95. The first-order valence-corrected chi connectivity index (χ1v) is 9.99. The summed E-state index contributed by atoms with van der Waals surface area (Å²) in [6, 6.07) is 22.9. The molecule has 31 heavy (non-hydrogen) atoms. The number of benzene rings is 3. The molecule has 3 aromatic rings. The fourth-order valence-electron chi connectivity index (χ4n) is 2.95. The van der Waals surface area contributed by atoms with E-state index < -0.39 is 0 Å². The lowest BCUT2D eigenvalue weighted by Gasteiger charge is -2.11. The summed E-state index contributed by atoms with van der Waals surface area (Å²) in [4.78, 5) is 12.2. The highest BCUT2D eigenvalue weighted by Crippen LogP contribution is 2.28. The summed E-state index contributed by atoms with van der Waals surface area (Å²) in [5.41, 5.74) is 1.99. The Bertz CT molecular complexity index is 1020. The zero-order chi connectivity index (χ0) is 21.9. The van der Waals surface area contributed by atoms with Gasteiger partial charge in [0.2, 0.25) is 5.91 Å². The zero-order valence-corrected chi connectivity index (χ0v) is 17.5. The number of aryl methyl sites for hydroxylation is 1. The minimum Gasteiger partial charge on any atom is -0.493 e. The van der Waals surface area contributed by atoms with Gasteiger partial charge in [0.1, 0.15) is 18.1 Å². The van der Waals surface area contributed by atoms with E-state index in [1.54, 1.807) is 7.11 Å². The van der Waals surface area contributed by atoms with E-state index in [1.807, 2.05) is 72.8 Å². The summed E-state index contributed by atoms with van der Waals surface area (Å²) in [6.07, 6.45) is 6.20. The van der Waals surface area contributed by atoms with Crippen LogP contribution >= 0.6 is 0 Å². The van der Waals surface area contributed by atoms with Gasteiger partial charge >= 0.3 is 0 Å². The maximum absolute atomic E-state index is 12.2. The lowest BCUT2D eigenvalue weighted by Crippen LogP contribution is -2.22. The first-order valence-electron chi connectivity index (χ1n) is 9.99. The summed E-state index contributed by atoms with van der Waals surface area (Å²) in [5.74, 6) is 5.14. The number of carbonyl (C=O) groups is 1. The molecule has 0 aliphatic heterocycles. The van der Waals surface area contributed by atoms with Gasteiger partial charge in [0, 0.05) is 13.0 Å². The third-order valence-corrected chi connectivity index (χ3v) is 4.57. The van der Waals surface area contributed by atoms with E-state index in [9.17, 15) is 4.79 Å². The van der Waals surface area contributed by atoms with Crippen LogP contribution < -0.4 is 19.5 Å². The molecule has 0 radical (unpaired) electrons. The molecule has 1 N–H and O–H groups in total. The van der Waals surface area contributed by atoms with Crippen LogP contribution in [-0.2, 0) is 17.8 Å². The summed E-state index contributed by atoms with van der Waals surface area (Å²) >= 11 is 0. The number of hydrogen-bond donors (Lipinski definition) is 1. The quantitative estimate of drug-likeness (QED) is 0.486. The Balaban J connectivity index is 1.45. The van der Waals surface area contributed by atoms with E-state index in [2.05, 4.69) is 11.2 Å². The third-order valence-electron chi connectivity index (χ3n) is 4.57. The molecule has 0 bridgehead atoms. The van der Waals surface area contributed by atoms with Crippen molar-refractivity contribution < 1.29 is 19.0 Å². The first-order chi connectivity index (χ1) is 15.2. The summed E-state index contributed by atoms with van der Waals surface area (Å²) in [6.45, 7) is 0.643. The van der Waals surface area contributed by atoms with Gasteiger partial charge in [0.25, 0.3) is 0 Å². The fraction of sp³-hybridized carbons (Fsp3) is 0.192. The molecule has 0 unspecified atom stereocenters. The maximum Gasteiger partial charge on any atom is 0.220 e. The van der Waals surface area contributed by atoms with Crippen LogP contribution in [0.2, 0.25) is 0 Å². The molecular weight excluding hydrogens is 390 g/mol. The van der Waals surface area contributed by atoms with Crippen molar-refractivity contribution in [3.63, 3.8) is 0 Å². The highest BCUT2D eigenvalue weighted by molar-refractivity contribution is 5.76. The van der Waals surface area contributed by atoms with Gasteiger partial charge in [-0.15, -0.1) is 6.42 Å². The Morgan fingerprint density at radius 1 is 0.935 bits per heavy atom.